The highest BCUT2D eigenvalue weighted by Gasteiger charge is 2.29. The summed E-state index contributed by atoms with van der Waals surface area (Å²) in [5.74, 6) is 0.131. The van der Waals surface area contributed by atoms with Gasteiger partial charge in [-0.25, -0.2) is 4.79 Å². The number of nitrogens with zero attached hydrogens (tertiary/aromatic N) is 1. The monoisotopic (exact) mass is 324 g/mol. The molecule has 1 fully saturated rings. The highest BCUT2D eigenvalue weighted by molar-refractivity contribution is 7.07. The average molecular weight is 324 g/mol. The Bertz CT molecular complexity index is 508. The lowest BCUT2D eigenvalue weighted by Gasteiger charge is -2.26. The number of amides is 2. The molecule has 2 amide bonds. The molecule has 0 radical (unpaired) electrons. The topological polar surface area (TPSA) is 58.6 Å². The van der Waals surface area contributed by atoms with Crippen LogP contribution in [0.15, 0.2) is 16.8 Å². The van der Waals surface area contributed by atoms with E-state index in [9.17, 15) is 9.59 Å². The molecule has 1 aromatic heterocycles. The molecular weight excluding hydrogens is 300 g/mol. The zero-order valence-electron chi connectivity index (χ0n) is 13.4. The van der Waals surface area contributed by atoms with Crippen LogP contribution in [0.25, 0.3) is 0 Å². The summed E-state index contributed by atoms with van der Waals surface area (Å²) < 4.78 is 5.23. The Kier molecular flexibility index (Phi) is 5.45. The van der Waals surface area contributed by atoms with Crippen molar-refractivity contribution in [3.63, 3.8) is 0 Å². The van der Waals surface area contributed by atoms with Crippen LogP contribution < -0.4 is 5.32 Å². The summed E-state index contributed by atoms with van der Waals surface area (Å²) in [5, 5.41) is 6.75. The Balaban J connectivity index is 1.83. The second-order valence-corrected chi connectivity index (χ2v) is 7.35. The van der Waals surface area contributed by atoms with Crippen molar-refractivity contribution >= 4 is 23.3 Å². The fraction of sp³-hybridized carbons (Fsp3) is 0.625. The van der Waals surface area contributed by atoms with Gasteiger partial charge in [0.25, 0.3) is 0 Å². The first-order valence-electron chi connectivity index (χ1n) is 7.62. The Hall–Kier alpha value is -1.56. The lowest BCUT2D eigenvalue weighted by Crippen LogP contribution is -2.44. The molecule has 1 aliphatic heterocycles. The molecule has 1 atom stereocenters. The van der Waals surface area contributed by atoms with Crippen LogP contribution in [-0.2, 0) is 16.0 Å². The molecule has 0 saturated carbocycles. The van der Waals surface area contributed by atoms with Gasteiger partial charge in [0.1, 0.15) is 5.60 Å². The van der Waals surface area contributed by atoms with Gasteiger partial charge in [0, 0.05) is 19.1 Å². The van der Waals surface area contributed by atoms with Crippen molar-refractivity contribution in [1.82, 2.24) is 10.2 Å². The van der Waals surface area contributed by atoms with Crippen molar-refractivity contribution in [3.8, 4) is 0 Å². The van der Waals surface area contributed by atoms with Gasteiger partial charge in [-0.15, -0.1) is 0 Å². The molecule has 0 bridgehead atoms. The van der Waals surface area contributed by atoms with Gasteiger partial charge < -0.3 is 15.0 Å². The summed E-state index contributed by atoms with van der Waals surface area (Å²) >= 11 is 1.60. The molecule has 2 rings (SSSR count). The van der Waals surface area contributed by atoms with Crippen molar-refractivity contribution in [2.75, 3.05) is 13.1 Å². The lowest BCUT2D eigenvalue weighted by atomic mass is 10.2. The van der Waals surface area contributed by atoms with Gasteiger partial charge in [-0.3, -0.25) is 4.79 Å². The predicted octanol–water partition coefficient (Wildman–Crippen LogP) is 2.81. The fourth-order valence-corrected chi connectivity index (χ4v) is 3.23. The number of nitrogens with one attached hydrogen (secondary N) is 1. The minimum absolute atomic E-state index is 0.0682. The van der Waals surface area contributed by atoms with Gasteiger partial charge >= 0.3 is 6.09 Å². The van der Waals surface area contributed by atoms with Gasteiger partial charge in [-0.05, 0) is 56.0 Å². The normalized spacial score (nSPS) is 18.3. The second kappa shape index (κ2) is 7.13. The lowest BCUT2D eigenvalue weighted by molar-refractivity contribution is -0.131. The summed E-state index contributed by atoms with van der Waals surface area (Å²) in [6, 6.07) is 2.05. The first-order valence-corrected chi connectivity index (χ1v) is 8.57. The summed E-state index contributed by atoms with van der Waals surface area (Å²) in [4.78, 5) is 26.0. The third kappa shape index (κ3) is 5.02. The number of hydrogen-bond donors (Lipinski definition) is 1. The number of ether oxygens (including phenoxy) is 1. The molecule has 0 unspecified atom stereocenters. The van der Waals surface area contributed by atoms with Crippen molar-refractivity contribution < 1.29 is 14.3 Å². The highest BCUT2D eigenvalue weighted by Crippen LogP contribution is 2.19. The summed E-state index contributed by atoms with van der Waals surface area (Å²) in [7, 11) is 0. The third-order valence-electron chi connectivity index (χ3n) is 3.51. The standard InChI is InChI=1S/C16H24N2O3S/c1-16(2,3)21-15(20)17-10-13-5-4-7-18(13)14(19)9-12-6-8-22-11-12/h6,8,11,13H,4-5,7,9-10H2,1-3H3,(H,17,20)/t13-/m0/s1. The van der Waals surface area contributed by atoms with Crippen molar-refractivity contribution in [2.45, 2.75) is 51.7 Å². The summed E-state index contributed by atoms with van der Waals surface area (Å²) in [6.07, 6.45) is 1.91. The van der Waals surface area contributed by atoms with E-state index in [0.29, 0.717) is 13.0 Å². The molecular formula is C16H24N2O3S. The van der Waals surface area contributed by atoms with Gasteiger partial charge in [0.15, 0.2) is 0 Å². The minimum Gasteiger partial charge on any atom is -0.444 e. The van der Waals surface area contributed by atoms with E-state index in [2.05, 4.69) is 5.32 Å². The molecule has 1 saturated heterocycles. The maximum Gasteiger partial charge on any atom is 0.407 e. The van der Waals surface area contributed by atoms with Crippen molar-refractivity contribution in [3.05, 3.63) is 22.4 Å². The van der Waals surface area contributed by atoms with E-state index in [1.807, 2.05) is 42.5 Å². The molecule has 122 valence electrons. The first kappa shape index (κ1) is 16.8. The molecule has 0 spiro atoms. The molecule has 22 heavy (non-hydrogen) atoms. The van der Waals surface area contributed by atoms with Crippen molar-refractivity contribution in [1.29, 1.82) is 0 Å². The molecule has 5 nitrogen and oxygen atoms in total. The van der Waals surface area contributed by atoms with Gasteiger partial charge in [-0.2, -0.15) is 11.3 Å². The second-order valence-electron chi connectivity index (χ2n) is 6.57. The van der Waals surface area contributed by atoms with E-state index in [1.54, 1.807) is 11.3 Å². The van der Waals surface area contributed by atoms with Gasteiger partial charge in [0.05, 0.1) is 6.42 Å². The number of likely N-dealkylation sites (tertiary alicyclic amines) is 1. The number of hydrogen-bond acceptors (Lipinski definition) is 4. The van der Waals surface area contributed by atoms with E-state index in [-0.39, 0.29) is 11.9 Å². The van der Waals surface area contributed by atoms with Crippen LogP contribution >= 0.6 is 11.3 Å². The molecule has 1 aromatic rings. The van der Waals surface area contributed by atoms with Crippen LogP contribution in [0.1, 0.15) is 39.2 Å². The number of rotatable bonds is 4. The maximum absolute atomic E-state index is 12.4. The van der Waals surface area contributed by atoms with Crippen LogP contribution in [0.3, 0.4) is 0 Å². The Morgan fingerprint density at radius 1 is 1.45 bits per heavy atom. The van der Waals surface area contributed by atoms with E-state index in [0.717, 1.165) is 24.9 Å². The number of carbonyl (C=O) groups excluding carboxylic acids is 2. The third-order valence-corrected chi connectivity index (χ3v) is 4.25. The molecule has 1 N–H and O–H groups in total. The predicted molar refractivity (Wildman–Crippen MR) is 87.0 cm³/mol. The van der Waals surface area contributed by atoms with E-state index in [1.165, 1.54) is 0 Å². The smallest absolute Gasteiger partial charge is 0.407 e. The van der Waals surface area contributed by atoms with Gasteiger partial charge in [0.2, 0.25) is 5.91 Å². The number of thiophene rings is 1. The number of alkyl carbamates (subject to hydrolysis) is 1. The van der Waals surface area contributed by atoms with Crippen molar-refractivity contribution in [2.24, 2.45) is 0 Å². The van der Waals surface area contributed by atoms with Crippen LogP contribution in [0.4, 0.5) is 4.79 Å². The van der Waals surface area contributed by atoms with Crippen LogP contribution in [0.2, 0.25) is 0 Å². The zero-order valence-corrected chi connectivity index (χ0v) is 14.2. The van der Waals surface area contributed by atoms with Crippen LogP contribution in [0, 0.1) is 0 Å². The quantitative estimate of drug-likeness (QED) is 0.926. The van der Waals surface area contributed by atoms with E-state index in [4.69, 9.17) is 4.74 Å². The molecule has 0 aromatic carbocycles. The Morgan fingerprint density at radius 3 is 2.86 bits per heavy atom. The van der Waals surface area contributed by atoms with Gasteiger partial charge in [-0.1, -0.05) is 0 Å². The van der Waals surface area contributed by atoms with E-state index < -0.39 is 11.7 Å². The van der Waals surface area contributed by atoms with Crippen LogP contribution in [-0.4, -0.2) is 41.6 Å². The van der Waals surface area contributed by atoms with Crippen LogP contribution in [0.5, 0.6) is 0 Å². The zero-order chi connectivity index (χ0) is 16.2. The fourth-order valence-electron chi connectivity index (χ4n) is 2.56. The Morgan fingerprint density at radius 2 is 2.23 bits per heavy atom. The molecule has 6 heteroatoms. The summed E-state index contributed by atoms with van der Waals surface area (Å²) in [6.45, 7) is 6.71. The SMILES string of the molecule is CC(C)(C)OC(=O)NC[C@@H]1CCCN1C(=O)Cc1ccsc1. The Labute approximate surface area is 135 Å². The molecule has 2 heterocycles. The summed E-state index contributed by atoms with van der Waals surface area (Å²) in [5.41, 5.74) is 0.551. The van der Waals surface area contributed by atoms with E-state index >= 15 is 0 Å². The minimum atomic E-state index is -0.506. The highest BCUT2D eigenvalue weighted by atomic mass is 32.1. The first-order chi connectivity index (χ1) is 10.3. The average Bonchev–Trinajstić information content (AvgIpc) is 3.04. The molecule has 0 aliphatic carbocycles. The maximum atomic E-state index is 12.4. The number of carbonyl (C=O) groups is 2. The largest absolute Gasteiger partial charge is 0.444 e. The molecule has 1 aliphatic rings.